The molecule has 0 spiro atoms. The van der Waals surface area contributed by atoms with Crippen LogP contribution in [0.5, 0.6) is 5.75 Å². The summed E-state index contributed by atoms with van der Waals surface area (Å²) >= 11 is 0. The smallest absolute Gasteiger partial charge is 0.319 e. The highest BCUT2D eigenvalue weighted by Gasteiger charge is 2.07. The molecule has 0 radical (unpaired) electrons. The van der Waals surface area contributed by atoms with Crippen molar-refractivity contribution in [2.24, 2.45) is 0 Å². The largest absolute Gasteiger partial charge is 0.494 e. The summed E-state index contributed by atoms with van der Waals surface area (Å²) in [6.07, 6.45) is 0. The van der Waals surface area contributed by atoms with Gasteiger partial charge in [0.05, 0.1) is 19.4 Å². The van der Waals surface area contributed by atoms with Gasteiger partial charge in [-0.15, -0.1) is 0 Å². The maximum atomic E-state index is 12.9. The van der Waals surface area contributed by atoms with Crippen molar-refractivity contribution in [3.05, 3.63) is 24.0 Å². The number of methoxy groups -OCH3 is 1. The fourth-order valence-electron chi connectivity index (χ4n) is 1.32. The lowest BCUT2D eigenvalue weighted by Crippen LogP contribution is -2.31. The van der Waals surface area contributed by atoms with Crippen molar-refractivity contribution >= 4 is 11.7 Å². The van der Waals surface area contributed by atoms with E-state index in [1.54, 1.807) is 0 Å². The average Bonchev–Trinajstić information content (AvgIpc) is 2.37. The highest BCUT2D eigenvalue weighted by Crippen LogP contribution is 2.24. The van der Waals surface area contributed by atoms with Crippen LogP contribution in [0.1, 0.15) is 6.92 Å². The number of carbonyl (C=O) groups excluding carboxylic acids is 1. The van der Waals surface area contributed by atoms with Crippen LogP contribution in [-0.2, 0) is 4.74 Å². The summed E-state index contributed by atoms with van der Waals surface area (Å²) in [5.41, 5.74) is 0.410. The maximum Gasteiger partial charge on any atom is 0.319 e. The van der Waals surface area contributed by atoms with Gasteiger partial charge in [-0.2, -0.15) is 0 Å². The minimum atomic E-state index is -0.422. The fourth-order valence-corrected chi connectivity index (χ4v) is 1.32. The number of nitrogens with one attached hydrogen (secondary N) is 2. The van der Waals surface area contributed by atoms with Gasteiger partial charge in [-0.1, -0.05) is 0 Å². The molecule has 0 aliphatic carbocycles. The van der Waals surface area contributed by atoms with Crippen LogP contribution in [0.4, 0.5) is 14.9 Å². The molecule has 0 unspecified atom stereocenters. The Kier molecular flexibility index (Phi) is 5.93. The summed E-state index contributed by atoms with van der Waals surface area (Å²) in [7, 11) is 1.41. The first-order chi connectivity index (χ1) is 8.67. The Hall–Kier alpha value is -1.82. The van der Waals surface area contributed by atoms with Crippen molar-refractivity contribution in [3.8, 4) is 5.75 Å². The van der Waals surface area contributed by atoms with Crippen LogP contribution < -0.4 is 15.4 Å². The van der Waals surface area contributed by atoms with E-state index in [9.17, 15) is 9.18 Å². The fraction of sp³-hybridized carbons (Fsp3) is 0.417. The predicted octanol–water partition coefficient (Wildman–Crippen LogP) is 1.99. The zero-order chi connectivity index (χ0) is 13.4. The van der Waals surface area contributed by atoms with E-state index in [2.05, 4.69) is 10.6 Å². The van der Waals surface area contributed by atoms with Crippen molar-refractivity contribution in [1.82, 2.24) is 5.32 Å². The van der Waals surface area contributed by atoms with Crippen LogP contribution in [0, 0.1) is 5.82 Å². The molecule has 1 aromatic rings. The molecule has 0 fully saturated rings. The third kappa shape index (κ3) is 4.58. The van der Waals surface area contributed by atoms with Gasteiger partial charge in [0.15, 0.2) is 0 Å². The number of halogens is 1. The lowest BCUT2D eigenvalue weighted by Gasteiger charge is -2.11. The molecule has 0 aromatic heterocycles. The number of anilines is 1. The van der Waals surface area contributed by atoms with Gasteiger partial charge in [-0.05, 0) is 19.1 Å². The molecule has 18 heavy (non-hydrogen) atoms. The first-order valence-electron chi connectivity index (χ1n) is 5.63. The number of amides is 2. The van der Waals surface area contributed by atoms with E-state index in [-0.39, 0.29) is 11.8 Å². The van der Waals surface area contributed by atoms with E-state index >= 15 is 0 Å². The van der Waals surface area contributed by atoms with E-state index in [1.807, 2.05) is 6.92 Å². The molecular weight excluding hydrogens is 239 g/mol. The second-order valence-electron chi connectivity index (χ2n) is 3.42. The third-order valence-corrected chi connectivity index (χ3v) is 2.15. The number of ether oxygens (including phenoxy) is 2. The molecule has 0 atom stereocenters. The first-order valence-corrected chi connectivity index (χ1v) is 5.63. The van der Waals surface area contributed by atoms with Gasteiger partial charge < -0.3 is 20.1 Å². The van der Waals surface area contributed by atoms with Crippen LogP contribution in [0.15, 0.2) is 18.2 Å². The zero-order valence-electron chi connectivity index (χ0n) is 10.5. The van der Waals surface area contributed by atoms with Crippen molar-refractivity contribution in [1.29, 1.82) is 0 Å². The van der Waals surface area contributed by atoms with Gasteiger partial charge in [0, 0.05) is 19.2 Å². The second kappa shape index (κ2) is 7.50. The molecule has 2 N–H and O–H groups in total. The van der Waals surface area contributed by atoms with Crippen LogP contribution in [0.25, 0.3) is 0 Å². The van der Waals surface area contributed by atoms with E-state index in [1.165, 1.54) is 25.3 Å². The van der Waals surface area contributed by atoms with E-state index in [0.29, 0.717) is 25.4 Å². The van der Waals surface area contributed by atoms with Gasteiger partial charge in [0.1, 0.15) is 11.6 Å². The van der Waals surface area contributed by atoms with Crippen LogP contribution >= 0.6 is 0 Å². The number of rotatable bonds is 6. The Balaban J connectivity index is 2.48. The Labute approximate surface area is 105 Å². The molecule has 5 nitrogen and oxygen atoms in total. The van der Waals surface area contributed by atoms with E-state index in [4.69, 9.17) is 9.47 Å². The number of hydrogen-bond donors (Lipinski definition) is 2. The Bertz CT molecular complexity index is 399. The summed E-state index contributed by atoms with van der Waals surface area (Å²) in [5.74, 6) is -0.149. The second-order valence-corrected chi connectivity index (χ2v) is 3.42. The SMILES string of the molecule is CCOCCNC(=O)Nc1ccc(F)cc1OC. The van der Waals surface area contributed by atoms with Gasteiger partial charge in [0.25, 0.3) is 0 Å². The molecular formula is C12H17FN2O3. The van der Waals surface area contributed by atoms with Crippen molar-refractivity contribution < 1.29 is 18.7 Å². The summed E-state index contributed by atoms with van der Waals surface area (Å²) in [6, 6.07) is 3.50. The standard InChI is InChI=1S/C12H17FN2O3/c1-3-18-7-6-14-12(16)15-10-5-4-9(13)8-11(10)17-2/h4-5,8H,3,6-7H2,1-2H3,(H2,14,15,16). The third-order valence-electron chi connectivity index (χ3n) is 2.15. The monoisotopic (exact) mass is 256 g/mol. The van der Waals surface area contributed by atoms with Crippen molar-refractivity contribution in [2.45, 2.75) is 6.92 Å². The molecule has 0 saturated carbocycles. The molecule has 0 saturated heterocycles. The maximum absolute atomic E-state index is 12.9. The van der Waals surface area contributed by atoms with Gasteiger partial charge >= 0.3 is 6.03 Å². The van der Waals surface area contributed by atoms with E-state index in [0.717, 1.165) is 0 Å². The van der Waals surface area contributed by atoms with Crippen LogP contribution in [0.2, 0.25) is 0 Å². The molecule has 2 amide bonds. The van der Waals surface area contributed by atoms with Crippen molar-refractivity contribution in [3.63, 3.8) is 0 Å². The predicted molar refractivity (Wildman–Crippen MR) is 66.5 cm³/mol. The quantitative estimate of drug-likeness (QED) is 0.765. The van der Waals surface area contributed by atoms with Crippen LogP contribution in [0.3, 0.4) is 0 Å². The molecule has 1 rings (SSSR count). The first kappa shape index (κ1) is 14.2. The van der Waals surface area contributed by atoms with Crippen LogP contribution in [-0.4, -0.2) is 32.9 Å². The Morgan fingerprint density at radius 3 is 2.89 bits per heavy atom. The molecule has 6 heteroatoms. The lowest BCUT2D eigenvalue weighted by molar-refractivity contribution is 0.150. The lowest BCUT2D eigenvalue weighted by atomic mass is 10.3. The van der Waals surface area contributed by atoms with Gasteiger partial charge in [0.2, 0.25) is 0 Å². The number of hydrogen-bond acceptors (Lipinski definition) is 3. The molecule has 0 aliphatic heterocycles. The Morgan fingerprint density at radius 1 is 1.44 bits per heavy atom. The topological polar surface area (TPSA) is 59.6 Å². The van der Waals surface area contributed by atoms with Gasteiger partial charge in [-0.3, -0.25) is 0 Å². The number of urea groups is 1. The highest BCUT2D eigenvalue weighted by atomic mass is 19.1. The summed E-state index contributed by atoms with van der Waals surface area (Å²) in [6.45, 7) is 3.34. The van der Waals surface area contributed by atoms with Crippen molar-refractivity contribution in [2.75, 3.05) is 32.2 Å². The van der Waals surface area contributed by atoms with Gasteiger partial charge in [-0.25, -0.2) is 9.18 Å². The number of benzene rings is 1. The molecule has 0 bridgehead atoms. The molecule has 1 aromatic carbocycles. The zero-order valence-corrected chi connectivity index (χ0v) is 10.5. The number of carbonyl (C=O) groups is 1. The summed E-state index contributed by atoms with van der Waals surface area (Å²) < 4.78 is 23.0. The normalized spacial score (nSPS) is 9.94. The molecule has 0 heterocycles. The highest BCUT2D eigenvalue weighted by molar-refractivity contribution is 5.90. The summed E-state index contributed by atoms with van der Waals surface area (Å²) in [5, 5.41) is 5.18. The minimum absolute atomic E-state index is 0.273. The minimum Gasteiger partial charge on any atom is -0.494 e. The Morgan fingerprint density at radius 2 is 2.22 bits per heavy atom. The molecule has 100 valence electrons. The molecule has 0 aliphatic rings. The average molecular weight is 256 g/mol. The van der Waals surface area contributed by atoms with E-state index < -0.39 is 5.82 Å². The summed E-state index contributed by atoms with van der Waals surface area (Å²) in [4.78, 5) is 11.5.